The molecule has 144 valence electrons. The molecule has 26 heavy (non-hydrogen) atoms. The van der Waals surface area contributed by atoms with Gasteiger partial charge in [0.25, 0.3) is 0 Å². The van der Waals surface area contributed by atoms with Crippen LogP contribution in [0.2, 0.25) is 0 Å². The highest BCUT2D eigenvalue weighted by atomic mass is 19.1. The third-order valence-corrected chi connectivity index (χ3v) is 5.52. The quantitative estimate of drug-likeness (QED) is 0.706. The van der Waals surface area contributed by atoms with Crippen molar-refractivity contribution in [1.82, 2.24) is 0 Å². The molecule has 0 aromatic rings. The Morgan fingerprint density at radius 2 is 1.23 bits per heavy atom. The van der Waals surface area contributed by atoms with E-state index in [-0.39, 0.29) is 24.4 Å². The number of carbonyl (C=O) groups excluding carboxylic acids is 3. The lowest BCUT2D eigenvalue weighted by Gasteiger charge is -1.97. The van der Waals surface area contributed by atoms with Crippen molar-refractivity contribution in [3.63, 3.8) is 0 Å². The second-order valence-electron chi connectivity index (χ2n) is 7.18. The summed E-state index contributed by atoms with van der Waals surface area (Å²) in [5.41, 5.74) is 5.06. The smallest absolute Gasteiger partial charge is 0.161 e. The number of allylic oxidation sites excluding steroid dienone is 5. The number of aliphatic hydroxyl groups excluding tert-OH is 1. The molecule has 0 bridgehead atoms. The molecule has 0 saturated heterocycles. The fourth-order valence-electron chi connectivity index (χ4n) is 2.79. The first-order chi connectivity index (χ1) is 12.0. The molecule has 0 aliphatic heterocycles. The Hall–Kier alpha value is -1.88. The fraction of sp³-hybridized carbons (Fsp3) is 0.571. The normalized spacial score (nSPS) is 25.6. The van der Waals surface area contributed by atoms with Gasteiger partial charge < -0.3 is 5.11 Å². The molecule has 0 radical (unpaired) electrons. The van der Waals surface area contributed by atoms with Crippen LogP contribution < -0.4 is 0 Å². The first-order valence-corrected chi connectivity index (χ1v) is 8.90. The first-order valence-electron chi connectivity index (χ1n) is 8.90. The third-order valence-electron chi connectivity index (χ3n) is 5.52. The molecule has 0 amide bonds. The summed E-state index contributed by atoms with van der Waals surface area (Å²) in [5.74, 6) is 0.377. The lowest BCUT2D eigenvalue weighted by Crippen LogP contribution is -2.03. The molecular formula is C21H29FO4. The van der Waals surface area contributed by atoms with Gasteiger partial charge in [0, 0.05) is 19.3 Å². The molecule has 3 aliphatic rings. The molecule has 0 aromatic carbocycles. The van der Waals surface area contributed by atoms with Crippen LogP contribution in [0.25, 0.3) is 0 Å². The molecular weight excluding hydrogens is 335 g/mol. The van der Waals surface area contributed by atoms with Gasteiger partial charge >= 0.3 is 0 Å². The predicted octanol–water partition coefficient (Wildman–Crippen LogP) is 3.98. The molecule has 2 atom stereocenters. The summed E-state index contributed by atoms with van der Waals surface area (Å²) in [6.07, 6.45) is 0.590. The Labute approximate surface area is 154 Å². The van der Waals surface area contributed by atoms with Crippen molar-refractivity contribution in [1.29, 1.82) is 0 Å². The maximum Gasteiger partial charge on any atom is 0.161 e. The minimum atomic E-state index is -1.00. The van der Waals surface area contributed by atoms with E-state index in [1.54, 1.807) is 27.7 Å². The van der Waals surface area contributed by atoms with Crippen LogP contribution in [-0.4, -0.2) is 34.7 Å². The Morgan fingerprint density at radius 3 is 1.35 bits per heavy atom. The van der Waals surface area contributed by atoms with E-state index in [9.17, 15) is 18.8 Å². The number of hydrogen-bond donors (Lipinski definition) is 1. The summed E-state index contributed by atoms with van der Waals surface area (Å²) in [6.45, 7) is 10.8. The van der Waals surface area contributed by atoms with E-state index in [2.05, 4.69) is 0 Å². The van der Waals surface area contributed by atoms with Gasteiger partial charge in [0.2, 0.25) is 0 Å². The second-order valence-corrected chi connectivity index (χ2v) is 7.18. The van der Waals surface area contributed by atoms with Crippen molar-refractivity contribution in [3.05, 3.63) is 33.4 Å². The molecule has 3 aliphatic carbocycles. The summed E-state index contributed by atoms with van der Waals surface area (Å²) in [7, 11) is 0. The van der Waals surface area contributed by atoms with E-state index < -0.39 is 12.3 Å². The third kappa shape index (κ3) is 5.31. The van der Waals surface area contributed by atoms with Crippen LogP contribution in [0, 0.1) is 0 Å². The standard InChI is InChI=1S/C7H9FO.C7H10O2.C7H10O/c2*1-4-5(2)7(9)3-6(4)8;1-5-3-4-7(8)6(5)2/h6H,3H2,1-2H3;6,8H,3H2,1-2H3;3-4H2,1-2H3. The first kappa shape index (κ1) is 22.2. The van der Waals surface area contributed by atoms with Crippen molar-refractivity contribution in [2.45, 2.75) is 79.5 Å². The minimum absolute atomic E-state index is 0.0417. The fourth-order valence-corrected chi connectivity index (χ4v) is 2.79. The van der Waals surface area contributed by atoms with Gasteiger partial charge in [-0.2, -0.15) is 0 Å². The summed E-state index contributed by atoms with van der Waals surface area (Å²) in [5, 5.41) is 9.06. The molecule has 4 nitrogen and oxygen atoms in total. The Bertz CT molecular complexity index is 668. The van der Waals surface area contributed by atoms with Crippen molar-refractivity contribution in [2.24, 2.45) is 0 Å². The SMILES string of the molecule is CC1=C(C)C(=O)CC1.CC1=C(C)C(F)CC1=O.CC1=C(C)C(O)CC1=O. The van der Waals surface area contributed by atoms with E-state index in [1.807, 2.05) is 13.8 Å². The molecule has 5 heteroatoms. The zero-order chi connectivity index (χ0) is 20.2. The van der Waals surface area contributed by atoms with Gasteiger partial charge in [-0.25, -0.2) is 4.39 Å². The second kappa shape index (κ2) is 9.17. The Kier molecular flexibility index (Phi) is 7.82. The number of Topliss-reactive ketones (excluding diaryl/α,β-unsaturated/α-hetero) is 3. The highest BCUT2D eigenvalue weighted by Crippen LogP contribution is 2.24. The highest BCUT2D eigenvalue weighted by Gasteiger charge is 2.26. The van der Waals surface area contributed by atoms with Crippen LogP contribution in [0.15, 0.2) is 33.4 Å². The van der Waals surface area contributed by atoms with Crippen molar-refractivity contribution in [3.8, 4) is 0 Å². The van der Waals surface area contributed by atoms with Gasteiger partial charge in [-0.15, -0.1) is 0 Å². The molecule has 2 unspecified atom stereocenters. The highest BCUT2D eigenvalue weighted by molar-refractivity contribution is 5.99. The van der Waals surface area contributed by atoms with Gasteiger partial charge in [-0.05, 0) is 75.8 Å². The number of hydrogen-bond acceptors (Lipinski definition) is 4. The molecule has 1 N–H and O–H groups in total. The number of alkyl halides is 1. The largest absolute Gasteiger partial charge is 0.388 e. The maximum atomic E-state index is 12.5. The van der Waals surface area contributed by atoms with E-state index in [0.717, 1.165) is 29.6 Å². The summed E-state index contributed by atoms with van der Waals surface area (Å²) < 4.78 is 12.5. The number of rotatable bonds is 0. The van der Waals surface area contributed by atoms with Gasteiger partial charge in [0.15, 0.2) is 17.3 Å². The molecule has 0 heterocycles. The monoisotopic (exact) mass is 364 g/mol. The number of ketones is 3. The lowest BCUT2D eigenvalue weighted by atomic mass is 10.2. The molecule has 0 saturated carbocycles. The van der Waals surface area contributed by atoms with Crippen LogP contribution >= 0.6 is 0 Å². The summed E-state index contributed by atoms with van der Waals surface area (Å²) in [4.78, 5) is 32.2. The predicted molar refractivity (Wildman–Crippen MR) is 99.5 cm³/mol. The Balaban J connectivity index is 0.000000195. The Morgan fingerprint density at radius 1 is 0.731 bits per heavy atom. The summed E-state index contributed by atoms with van der Waals surface area (Å²) >= 11 is 0. The van der Waals surface area contributed by atoms with E-state index in [0.29, 0.717) is 16.9 Å². The molecule has 0 spiro atoms. The molecule has 0 fully saturated rings. The average molecular weight is 364 g/mol. The summed E-state index contributed by atoms with van der Waals surface area (Å²) in [6, 6.07) is 0. The van der Waals surface area contributed by atoms with Crippen molar-refractivity contribution in [2.75, 3.05) is 0 Å². The van der Waals surface area contributed by atoms with Crippen LogP contribution in [0.1, 0.15) is 67.2 Å². The van der Waals surface area contributed by atoms with E-state index in [4.69, 9.17) is 5.11 Å². The van der Waals surface area contributed by atoms with Crippen LogP contribution in [0.4, 0.5) is 4.39 Å². The lowest BCUT2D eigenvalue weighted by molar-refractivity contribution is -0.116. The zero-order valence-corrected chi connectivity index (χ0v) is 16.5. The van der Waals surface area contributed by atoms with Crippen LogP contribution in [0.5, 0.6) is 0 Å². The van der Waals surface area contributed by atoms with Gasteiger partial charge in [0.1, 0.15) is 6.17 Å². The van der Waals surface area contributed by atoms with Gasteiger partial charge in [-0.1, -0.05) is 5.57 Å². The molecule has 0 aromatic heterocycles. The maximum absolute atomic E-state index is 12.5. The van der Waals surface area contributed by atoms with Crippen molar-refractivity contribution >= 4 is 17.3 Å². The number of carbonyl (C=O) groups is 3. The van der Waals surface area contributed by atoms with Crippen molar-refractivity contribution < 1.29 is 23.9 Å². The number of halogens is 1. The topological polar surface area (TPSA) is 71.4 Å². The molecule has 3 rings (SSSR count). The van der Waals surface area contributed by atoms with E-state index >= 15 is 0 Å². The van der Waals surface area contributed by atoms with Gasteiger partial charge in [-0.3, -0.25) is 14.4 Å². The minimum Gasteiger partial charge on any atom is -0.388 e. The van der Waals surface area contributed by atoms with Crippen LogP contribution in [-0.2, 0) is 14.4 Å². The zero-order valence-electron chi connectivity index (χ0n) is 16.5. The average Bonchev–Trinajstić information content (AvgIpc) is 3.09. The van der Waals surface area contributed by atoms with Crippen LogP contribution in [0.3, 0.4) is 0 Å². The van der Waals surface area contributed by atoms with Gasteiger partial charge in [0.05, 0.1) is 6.10 Å². The van der Waals surface area contributed by atoms with E-state index in [1.165, 1.54) is 5.57 Å². The number of aliphatic hydroxyl groups is 1.